The second-order valence-electron chi connectivity index (χ2n) is 6.34. The molecule has 27 heavy (non-hydrogen) atoms. The first-order chi connectivity index (χ1) is 13.1. The molecule has 1 fully saturated rings. The summed E-state index contributed by atoms with van der Waals surface area (Å²) in [6.45, 7) is 2.61. The molecule has 0 N–H and O–H groups in total. The third kappa shape index (κ3) is 3.80. The van der Waals surface area contributed by atoms with E-state index in [1.165, 1.54) is 12.1 Å². The van der Waals surface area contributed by atoms with Gasteiger partial charge >= 0.3 is 0 Å². The van der Waals surface area contributed by atoms with Gasteiger partial charge in [0.15, 0.2) is 11.5 Å². The Kier molecular flexibility index (Phi) is 4.81. The molecule has 2 heterocycles. The fraction of sp³-hybridized carbons (Fsp3) is 0.200. The first kappa shape index (κ1) is 17.5. The van der Waals surface area contributed by atoms with Crippen LogP contribution in [0.3, 0.4) is 0 Å². The molecule has 0 unspecified atom stereocenters. The summed E-state index contributed by atoms with van der Waals surface area (Å²) in [4.78, 5) is 16.7. The van der Waals surface area contributed by atoms with Crippen LogP contribution in [0.5, 0.6) is 0 Å². The maximum absolute atomic E-state index is 13.0. The minimum absolute atomic E-state index is 0.169. The second kappa shape index (κ2) is 7.40. The summed E-state index contributed by atoms with van der Waals surface area (Å²) >= 11 is 6.05. The molecule has 0 radical (unpaired) electrons. The van der Waals surface area contributed by atoms with E-state index in [1.807, 2.05) is 24.3 Å². The molecule has 4 rings (SSSR count). The number of rotatable bonds is 3. The van der Waals surface area contributed by atoms with Crippen molar-refractivity contribution in [2.75, 3.05) is 31.1 Å². The standard InChI is InChI=1S/C20H17ClFN3O2/c21-15-2-1-3-17(12-15)24-8-10-25(11-9-24)20(26)18-13-19(27-23-18)14-4-6-16(22)7-5-14/h1-7,12-13H,8-11H2. The normalized spacial score (nSPS) is 14.4. The zero-order valence-corrected chi connectivity index (χ0v) is 15.2. The molecule has 1 amide bonds. The third-order valence-electron chi connectivity index (χ3n) is 4.60. The van der Waals surface area contributed by atoms with E-state index in [1.54, 1.807) is 23.1 Å². The minimum Gasteiger partial charge on any atom is -0.368 e. The fourth-order valence-corrected chi connectivity index (χ4v) is 3.31. The van der Waals surface area contributed by atoms with Crippen molar-refractivity contribution in [3.63, 3.8) is 0 Å². The monoisotopic (exact) mass is 385 g/mol. The number of amides is 1. The summed E-state index contributed by atoms with van der Waals surface area (Å²) in [6, 6.07) is 15.2. The van der Waals surface area contributed by atoms with Crippen LogP contribution in [-0.4, -0.2) is 42.1 Å². The molecule has 0 atom stereocenters. The van der Waals surface area contributed by atoms with Crippen molar-refractivity contribution in [2.24, 2.45) is 0 Å². The SMILES string of the molecule is O=C(c1cc(-c2ccc(F)cc2)on1)N1CCN(c2cccc(Cl)c2)CC1. The zero-order valence-electron chi connectivity index (χ0n) is 14.4. The van der Waals surface area contributed by atoms with Crippen molar-refractivity contribution in [2.45, 2.75) is 0 Å². The van der Waals surface area contributed by atoms with Crippen molar-refractivity contribution in [1.82, 2.24) is 10.1 Å². The topological polar surface area (TPSA) is 49.6 Å². The average Bonchev–Trinajstić information content (AvgIpc) is 3.18. The smallest absolute Gasteiger partial charge is 0.276 e. The lowest BCUT2D eigenvalue weighted by Crippen LogP contribution is -2.48. The molecule has 1 saturated heterocycles. The molecule has 5 nitrogen and oxygen atoms in total. The molecule has 2 aromatic carbocycles. The first-order valence-corrected chi connectivity index (χ1v) is 9.00. The van der Waals surface area contributed by atoms with Gasteiger partial charge in [-0.15, -0.1) is 0 Å². The predicted molar refractivity (Wildman–Crippen MR) is 101 cm³/mol. The molecule has 0 spiro atoms. The Morgan fingerprint density at radius 2 is 1.78 bits per heavy atom. The Labute approximate surface area is 160 Å². The van der Waals surface area contributed by atoms with Crippen LogP contribution < -0.4 is 4.90 Å². The number of hydrogen-bond acceptors (Lipinski definition) is 4. The number of halogens is 2. The van der Waals surface area contributed by atoms with Gasteiger partial charge in [-0.05, 0) is 42.5 Å². The minimum atomic E-state index is -0.327. The lowest BCUT2D eigenvalue weighted by Gasteiger charge is -2.35. The van der Waals surface area contributed by atoms with Gasteiger partial charge in [-0.2, -0.15) is 0 Å². The van der Waals surface area contributed by atoms with Crippen LogP contribution in [0.2, 0.25) is 5.02 Å². The molecular formula is C20H17ClFN3O2. The number of nitrogens with zero attached hydrogens (tertiary/aromatic N) is 3. The molecule has 1 aliphatic rings. The number of benzene rings is 2. The largest absolute Gasteiger partial charge is 0.368 e. The first-order valence-electron chi connectivity index (χ1n) is 8.62. The molecule has 7 heteroatoms. The summed E-state index contributed by atoms with van der Waals surface area (Å²) in [5.74, 6) is -0.0547. The molecule has 0 bridgehead atoms. The van der Waals surface area contributed by atoms with E-state index in [0.29, 0.717) is 29.4 Å². The Balaban J connectivity index is 1.42. The predicted octanol–water partition coefficient (Wildman–Crippen LogP) is 4.10. The van der Waals surface area contributed by atoms with Crippen LogP contribution in [0.15, 0.2) is 59.1 Å². The van der Waals surface area contributed by atoms with Crippen LogP contribution in [0.4, 0.5) is 10.1 Å². The van der Waals surface area contributed by atoms with E-state index >= 15 is 0 Å². The molecule has 1 aromatic heterocycles. The van der Waals surface area contributed by atoms with E-state index in [0.717, 1.165) is 18.8 Å². The van der Waals surface area contributed by atoms with Gasteiger partial charge in [0, 0.05) is 48.5 Å². The van der Waals surface area contributed by atoms with E-state index in [9.17, 15) is 9.18 Å². The van der Waals surface area contributed by atoms with Crippen LogP contribution in [0, 0.1) is 5.82 Å². The van der Waals surface area contributed by atoms with Crippen LogP contribution in [-0.2, 0) is 0 Å². The lowest BCUT2D eigenvalue weighted by molar-refractivity contribution is 0.0736. The van der Waals surface area contributed by atoms with Crippen molar-refractivity contribution < 1.29 is 13.7 Å². The Morgan fingerprint density at radius 3 is 2.48 bits per heavy atom. The van der Waals surface area contributed by atoms with Gasteiger partial charge in [-0.1, -0.05) is 22.8 Å². The number of anilines is 1. The zero-order chi connectivity index (χ0) is 18.8. The van der Waals surface area contributed by atoms with Gasteiger partial charge in [0.05, 0.1) is 0 Å². The van der Waals surface area contributed by atoms with Crippen LogP contribution in [0.25, 0.3) is 11.3 Å². The highest BCUT2D eigenvalue weighted by molar-refractivity contribution is 6.30. The van der Waals surface area contributed by atoms with Gasteiger partial charge in [-0.3, -0.25) is 4.79 Å². The lowest BCUT2D eigenvalue weighted by atomic mass is 10.1. The quantitative estimate of drug-likeness (QED) is 0.681. The van der Waals surface area contributed by atoms with Gasteiger partial charge in [0.1, 0.15) is 5.82 Å². The Bertz CT molecular complexity index is 950. The second-order valence-corrected chi connectivity index (χ2v) is 6.78. The fourth-order valence-electron chi connectivity index (χ4n) is 3.13. The van der Waals surface area contributed by atoms with Crippen molar-refractivity contribution in [3.05, 3.63) is 71.1 Å². The van der Waals surface area contributed by atoms with Gasteiger partial charge in [0.25, 0.3) is 5.91 Å². The molecule has 0 aliphatic carbocycles. The van der Waals surface area contributed by atoms with Crippen molar-refractivity contribution in [3.8, 4) is 11.3 Å². The summed E-state index contributed by atoms with van der Waals surface area (Å²) in [5, 5.41) is 4.58. The maximum atomic E-state index is 13.0. The third-order valence-corrected chi connectivity index (χ3v) is 4.83. The Morgan fingerprint density at radius 1 is 1.04 bits per heavy atom. The summed E-state index contributed by atoms with van der Waals surface area (Å²) in [7, 11) is 0. The van der Waals surface area contributed by atoms with Gasteiger partial charge in [-0.25, -0.2) is 4.39 Å². The van der Waals surface area contributed by atoms with Gasteiger partial charge in [0.2, 0.25) is 0 Å². The highest BCUT2D eigenvalue weighted by atomic mass is 35.5. The molecule has 138 valence electrons. The molecule has 0 saturated carbocycles. The summed E-state index contributed by atoms with van der Waals surface area (Å²) in [5.41, 5.74) is 1.98. The number of hydrogen-bond donors (Lipinski definition) is 0. The van der Waals surface area contributed by atoms with Crippen LogP contribution in [0.1, 0.15) is 10.5 Å². The van der Waals surface area contributed by atoms with E-state index in [2.05, 4.69) is 10.1 Å². The molecule has 3 aromatic rings. The van der Waals surface area contributed by atoms with Crippen molar-refractivity contribution in [1.29, 1.82) is 0 Å². The molecular weight excluding hydrogens is 369 g/mol. The van der Waals surface area contributed by atoms with E-state index in [-0.39, 0.29) is 17.4 Å². The number of piperazine rings is 1. The highest BCUT2D eigenvalue weighted by Gasteiger charge is 2.25. The summed E-state index contributed by atoms with van der Waals surface area (Å²) in [6.07, 6.45) is 0. The Hall–Kier alpha value is -2.86. The maximum Gasteiger partial charge on any atom is 0.276 e. The highest BCUT2D eigenvalue weighted by Crippen LogP contribution is 2.23. The van der Waals surface area contributed by atoms with Crippen LogP contribution >= 0.6 is 11.6 Å². The number of carbonyl (C=O) groups is 1. The van der Waals surface area contributed by atoms with Gasteiger partial charge < -0.3 is 14.3 Å². The summed E-state index contributed by atoms with van der Waals surface area (Å²) < 4.78 is 18.3. The van der Waals surface area contributed by atoms with Crippen molar-refractivity contribution >= 4 is 23.2 Å². The average molecular weight is 386 g/mol. The number of aromatic nitrogens is 1. The number of carbonyl (C=O) groups excluding carboxylic acids is 1. The molecule has 1 aliphatic heterocycles. The van der Waals surface area contributed by atoms with E-state index < -0.39 is 0 Å². The van der Waals surface area contributed by atoms with E-state index in [4.69, 9.17) is 16.1 Å².